The maximum atomic E-state index is 11.5. The molecule has 5 heteroatoms. The Kier molecular flexibility index (Phi) is 4.63. The monoisotopic (exact) mass is 264 g/mol. The van der Waals surface area contributed by atoms with Gasteiger partial charge in [-0.15, -0.1) is 0 Å². The third kappa shape index (κ3) is 4.13. The van der Waals surface area contributed by atoms with Crippen LogP contribution >= 0.6 is 0 Å². The largest absolute Gasteiger partial charge is 0.486 e. The van der Waals surface area contributed by atoms with Crippen LogP contribution < -0.4 is 14.9 Å². The smallest absolute Gasteiger partial charge is 0.234 e. The molecule has 2 rings (SSSR count). The van der Waals surface area contributed by atoms with Crippen LogP contribution in [0.5, 0.6) is 11.5 Å². The average Bonchev–Trinajstić information content (AvgIpc) is 2.37. The molecule has 1 aliphatic heterocycles. The second-order valence-electron chi connectivity index (χ2n) is 4.76. The van der Waals surface area contributed by atoms with Crippen molar-refractivity contribution in [2.75, 3.05) is 27.3 Å². The minimum absolute atomic E-state index is 0.0440. The number of benzene rings is 1. The van der Waals surface area contributed by atoms with Gasteiger partial charge < -0.3 is 9.47 Å². The Balaban J connectivity index is 1.81. The zero-order valence-electron chi connectivity index (χ0n) is 11.4. The molecule has 0 unspecified atom stereocenters. The lowest BCUT2D eigenvalue weighted by atomic mass is 10.1. The van der Waals surface area contributed by atoms with E-state index in [0.717, 1.165) is 24.3 Å². The standard InChI is InChI=1S/C14H20N2O3/c1-16(2)15-14(17)5-3-4-11-6-7-12-13(10-11)19-9-8-18-12/h6-7,10H,3-5,8-9H2,1-2H3,(H,15,17). The minimum atomic E-state index is 0.0440. The molecule has 0 aliphatic carbocycles. The molecule has 1 heterocycles. The Hall–Kier alpha value is -1.75. The van der Waals surface area contributed by atoms with Crippen LogP contribution in [0.15, 0.2) is 18.2 Å². The van der Waals surface area contributed by atoms with E-state index in [9.17, 15) is 4.79 Å². The SMILES string of the molecule is CN(C)NC(=O)CCCc1ccc2c(c1)OCCO2. The van der Waals surface area contributed by atoms with E-state index in [-0.39, 0.29) is 5.91 Å². The van der Waals surface area contributed by atoms with Gasteiger partial charge in [-0.1, -0.05) is 6.07 Å². The molecule has 1 aliphatic rings. The van der Waals surface area contributed by atoms with Crippen molar-refractivity contribution in [2.45, 2.75) is 19.3 Å². The number of hydrogen-bond acceptors (Lipinski definition) is 4. The Morgan fingerprint density at radius 2 is 2.00 bits per heavy atom. The van der Waals surface area contributed by atoms with E-state index < -0.39 is 0 Å². The number of carbonyl (C=O) groups excluding carboxylic acids is 1. The minimum Gasteiger partial charge on any atom is -0.486 e. The summed E-state index contributed by atoms with van der Waals surface area (Å²) in [6.07, 6.45) is 2.20. The quantitative estimate of drug-likeness (QED) is 0.816. The number of nitrogens with one attached hydrogen (secondary N) is 1. The van der Waals surface area contributed by atoms with E-state index in [2.05, 4.69) is 5.43 Å². The summed E-state index contributed by atoms with van der Waals surface area (Å²) in [7, 11) is 3.61. The van der Waals surface area contributed by atoms with Crippen LogP contribution in [0.2, 0.25) is 0 Å². The van der Waals surface area contributed by atoms with Gasteiger partial charge in [0.05, 0.1) is 0 Å². The summed E-state index contributed by atoms with van der Waals surface area (Å²) in [6, 6.07) is 5.96. The van der Waals surface area contributed by atoms with E-state index >= 15 is 0 Å². The van der Waals surface area contributed by atoms with E-state index in [1.54, 1.807) is 19.1 Å². The summed E-state index contributed by atoms with van der Waals surface area (Å²) in [4.78, 5) is 11.5. The normalized spacial score (nSPS) is 13.4. The van der Waals surface area contributed by atoms with Crippen LogP contribution in [0.25, 0.3) is 0 Å². The molecule has 1 amide bonds. The summed E-state index contributed by atoms with van der Waals surface area (Å²) >= 11 is 0. The third-order valence-electron chi connectivity index (χ3n) is 2.82. The molecule has 104 valence electrons. The van der Waals surface area contributed by atoms with Crippen LogP contribution in [-0.2, 0) is 11.2 Å². The highest BCUT2D eigenvalue weighted by atomic mass is 16.6. The van der Waals surface area contributed by atoms with Crippen molar-refractivity contribution in [3.8, 4) is 11.5 Å². The summed E-state index contributed by atoms with van der Waals surface area (Å²) in [5.74, 6) is 1.66. The van der Waals surface area contributed by atoms with Gasteiger partial charge in [-0.3, -0.25) is 10.2 Å². The highest BCUT2D eigenvalue weighted by molar-refractivity contribution is 5.75. The van der Waals surface area contributed by atoms with Crippen molar-refractivity contribution in [1.29, 1.82) is 0 Å². The fraction of sp³-hybridized carbons (Fsp3) is 0.500. The number of fused-ring (bicyclic) bond motifs is 1. The Morgan fingerprint density at radius 3 is 2.74 bits per heavy atom. The van der Waals surface area contributed by atoms with E-state index in [0.29, 0.717) is 19.6 Å². The molecule has 5 nitrogen and oxygen atoms in total. The number of hydrogen-bond donors (Lipinski definition) is 1. The molecule has 0 bridgehead atoms. The molecule has 0 fully saturated rings. The number of nitrogens with zero attached hydrogens (tertiary/aromatic N) is 1. The molecule has 0 saturated carbocycles. The molecular weight excluding hydrogens is 244 g/mol. The van der Waals surface area contributed by atoms with E-state index in [1.165, 1.54) is 5.56 Å². The van der Waals surface area contributed by atoms with Gasteiger partial charge in [0.15, 0.2) is 11.5 Å². The highest BCUT2D eigenvalue weighted by Crippen LogP contribution is 2.31. The van der Waals surface area contributed by atoms with Gasteiger partial charge >= 0.3 is 0 Å². The Morgan fingerprint density at radius 1 is 1.26 bits per heavy atom. The zero-order valence-corrected chi connectivity index (χ0v) is 11.4. The van der Waals surface area contributed by atoms with Gasteiger partial charge in [0.1, 0.15) is 13.2 Å². The van der Waals surface area contributed by atoms with Gasteiger partial charge in [-0.2, -0.15) is 0 Å². The van der Waals surface area contributed by atoms with E-state index in [1.807, 2.05) is 18.2 Å². The summed E-state index contributed by atoms with van der Waals surface area (Å²) < 4.78 is 11.0. The maximum absolute atomic E-state index is 11.5. The molecule has 0 aromatic heterocycles. The van der Waals surface area contributed by atoms with Crippen LogP contribution in [-0.4, -0.2) is 38.2 Å². The highest BCUT2D eigenvalue weighted by Gasteiger charge is 2.11. The molecule has 1 aromatic carbocycles. The van der Waals surface area contributed by atoms with Crippen LogP contribution in [0.4, 0.5) is 0 Å². The molecule has 1 N–H and O–H groups in total. The van der Waals surface area contributed by atoms with Crippen molar-refractivity contribution >= 4 is 5.91 Å². The number of amides is 1. The fourth-order valence-electron chi connectivity index (χ4n) is 2.00. The number of hydrazine groups is 1. The van der Waals surface area contributed by atoms with Crippen molar-refractivity contribution < 1.29 is 14.3 Å². The second-order valence-corrected chi connectivity index (χ2v) is 4.76. The molecule has 0 atom stereocenters. The Bertz CT molecular complexity index is 446. The molecule has 1 aromatic rings. The van der Waals surface area contributed by atoms with Crippen molar-refractivity contribution in [3.05, 3.63) is 23.8 Å². The van der Waals surface area contributed by atoms with Crippen LogP contribution in [0, 0.1) is 0 Å². The topological polar surface area (TPSA) is 50.8 Å². The average molecular weight is 264 g/mol. The fourth-order valence-corrected chi connectivity index (χ4v) is 2.00. The Labute approximate surface area is 113 Å². The molecular formula is C14H20N2O3. The number of ether oxygens (including phenoxy) is 2. The lowest BCUT2D eigenvalue weighted by molar-refractivity contribution is -0.124. The van der Waals surface area contributed by atoms with Crippen molar-refractivity contribution in [2.24, 2.45) is 0 Å². The summed E-state index contributed by atoms with van der Waals surface area (Å²) in [5, 5.41) is 1.66. The summed E-state index contributed by atoms with van der Waals surface area (Å²) in [5.41, 5.74) is 3.90. The first-order valence-corrected chi connectivity index (χ1v) is 6.50. The zero-order chi connectivity index (χ0) is 13.7. The number of carbonyl (C=O) groups is 1. The van der Waals surface area contributed by atoms with Crippen molar-refractivity contribution in [3.63, 3.8) is 0 Å². The number of rotatable bonds is 5. The summed E-state index contributed by atoms with van der Waals surface area (Å²) in [6.45, 7) is 1.21. The van der Waals surface area contributed by atoms with Crippen LogP contribution in [0.3, 0.4) is 0 Å². The van der Waals surface area contributed by atoms with Gasteiger partial charge in [0, 0.05) is 20.5 Å². The predicted molar refractivity (Wildman–Crippen MR) is 72.2 cm³/mol. The lowest BCUT2D eigenvalue weighted by Crippen LogP contribution is -2.35. The molecule has 0 saturated heterocycles. The van der Waals surface area contributed by atoms with Gasteiger partial charge in [0.25, 0.3) is 0 Å². The first-order valence-electron chi connectivity index (χ1n) is 6.50. The van der Waals surface area contributed by atoms with Crippen molar-refractivity contribution in [1.82, 2.24) is 10.4 Å². The first-order chi connectivity index (χ1) is 9.15. The number of aryl methyl sites for hydroxylation is 1. The molecule has 0 spiro atoms. The second kappa shape index (κ2) is 6.43. The predicted octanol–water partition coefficient (Wildman–Crippen LogP) is 1.37. The van der Waals surface area contributed by atoms with Gasteiger partial charge in [-0.05, 0) is 30.5 Å². The van der Waals surface area contributed by atoms with E-state index in [4.69, 9.17) is 9.47 Å². The van der Waals surface area contributed by atoms with Gasteiger partial charge in [-0.25, -0.2) is 5.01 Å². The van der Waals surface area contributed by atoms with Crippen LogP contribution in [0.1, 0.15) is 18.4 Å². The first kappa shape index (κ1) is 13.7. The third-order valence-corrected chi connectivity index (χ3v) is 2.82. The maximum Gasteiger partial charge on any atom is 0.234 e. The lowest BCUT2D eigenvalue weighted by Gasteiger charge is -2.18. The molecule has 0 radical (unpaired) electrons. The molecule has 19 heavy (non-hydrogen) atoms. The van der Waals surface area contributed by atoms with Gasteiger partial charge in [0.2, 0.25) is 5.91 Å².